The molecule has 0 unspecified atom stereocenters. The summed E-state index contributed by atoms with van der Waals surface area (Å²) in [5, 5.41) is 19.3. The molecule has 7 nitrogen and oxygen atoms in total. The van der Waals surface area contributed by atoms with Gasteiger partial charge in [-0.3, -0.25) is 9.20 Å². The van der Waals surface area contributed by atoms with Crippen molar-refractivity contribution in [3.63, 3.8) is 0 Å². The smallest absolute Gasteiger partial charge is 0.252 e. The average molecular weight is 389 g/mol. The lowest BCUT2D eigenvalue weighted by Gasteiger charge is -2.38. The second kappa shape index (κ2) is 6.46. The van der Waals surface area contributed by atoms with Crippen LogP contribution in [-0.2, 0) is 12.8 Å². The van der Waals surface area contributed by atoms with Crippen LogP contribution in [-0.4, -0.2) is 40.1 Å². The quantitative estimate of drug-likeness (QED) is 0.714. The number of hydrogen-bond donors (Lipinski definition) is 2. The Morgan fingerprint density at radius 2 is 1.97 bits per heavy atom. The summed E-state index contributed by atoms with van der Waals surface area (Å²) in [7, 11) is 0. The number of carbonyl (C=O) groups is 1. The lowest BCUT2D eigenvalue weighted by Crippen LogP contribution is -2.42. The van der Waals surface area contributed by atoms with Crippen LogP contribution in [0.15, 0.2) is 24.3 Å². The normalized spacial score (nSPS) is 18.1. The molecular weight excluding hydrogens is 366 g/mol. The summed E-state index contributed by atoms with van der Waals surface area (Å²) >= 11 is 0. The van der Waals surface area contributed by atoms with Gasteiger partial charge in [-0.2, -0.15) is 5.26 Å². The molecule has 1 amide bonds. The van der Waals surface area contributed by atoms with Crippen LogP contribution >= 0.6 is 0 Å². The monoisotopic (exact) mass is 389 g/mol. The van der Waals surface area contributed by atoms with E-state index in [1.165, 1.54) is 5.56 Å². The first-order chi connectivity index (χ1) is 14.1. The number of rotatable bonds is 3. The number of nitrogens with two attached hydrogens (primary N) is 1. The standard InChI is InChI=1S/C22H23N5O2/c23-12-22(13-28)8-10-26(11-9-22)21-15-5-3-4-14(15)18(19(24)29)20-25-16-6-1-2-7-17(16)27(20)21/h1-2,6-7,28H,3-5,8-11,13H2,(H2,24,29). The van der Waals surface area contributed by atoms with Crippen LogP contribution in [0.5, 0.6) is 0 Å². The molecule has 1 fully saturated rings. The van der Waals surface area contributed by atoms with E-state index >= 15 is 0 Å². The number of piperidine rings is 1. The van der Waals surface area contributed by atoms with Crippen LogP contribution in [0.4, 0.5) is 5.82 Å². The molecule has 1 aromatic carbocycles. The van der Waals surface area contributed by atoms with E-state index in [-0.39, 0.29) is 6.61 Å². The van der Waals surface area contributed by atoms with Gasteiger partial charge in [-0.05, 0) is 55.4 Å². The molecule has 2 aromatic heterocycles. The zero-order valence-electron chi connectivity index (χ0n) is 16.2. The highest BCUT2D eigenvalue weighted by Crippen LogP contribution is 2.41. The molecule has 3 aromatic rings. The molecule has 29 heavy (non-hydrogen) atoms. The summed E-state index contributed by atoms with van der Waals surface area (Å²) in [6.07, 6.45) is 3.93. The molecule has 0 radical (unpaired) electrons. The number of nitriles is 1. The molecule has 0 atom stereocenters. The molecule has 0 bridgehead atoms. The van der Waals surface area contributed by atoms with E-state index in [4.69, 9.17) is 10.7 Å². The minimum atomic E-state index is -0.664. The first-order valence-electron chi connectivity index (χ1n) is 10.1. The van der Waals surface area contributed by atoms with E-state index in [1.807, 2.05) is 24.3 Å². The molecule has 1 aliphatic heterocycles. The number of hydrogen-bond acceptors (Lipinski definition) is 5. The Kier molecular flexibility index (Phi) is 4.00. The summed E-state index contributed by atoms with van der Waals surface area (Å²) in [6.45, 7) is 1.25. The van der Waals surface area contributed by atoms with Gasteiger partial charge in [-0.25, -0.2) is 4.98 Å². The highest BCUT2D eigenvalue weighted by atomic mass is 16.3. The molecular formula is C22H23N5O2. The average Bonchev–Trinajstić information content (AvgIpc) is 3.36. The number of primary amides is 1. The molecule has 0 saturated carbocycles. The number of anilines is 1. The van der Waals surface area contributed by atoms with Crippen LogP contribution in [0.25, 0.3) is 16.7 Å². The summed E-state index contributed by atoms with van der Waals surface area (Å²) in [4.78, 5) is 19.5. The van der Waals surface area contributed by atoms with E-state index in [2.05, 4.69) is 15.4 Å². The van der Waals surface area contributed by atoms with Crippen molar-refractivity contribution >= 4 is 28.4 Å². The fourth-order valence-electron chi connectivity index (χ4n) is 4.99. The number of nitrogens with zero attached hydrogens (tertiary/aromatic N) is 4. The fourth-order valence-corrected chi connectivity index (χ4v) is 4.99. The maximum Gasteiger partial charge on any atom is 0.252 e. The van der Waals surface area contributed by atoms with E-state index < -0.39 is 11.3 Å². The number of para-hydroxylation sites is 2. The van der Waals surface area contributed by atoms with Crippen molar-refractivity contribution in [3.05, 3.63) is 41.0 Å². The lowest BCUT2D eigenvalue weighted by molar-refractivity contribution is 0.100. The van der Waals surface area contributed by atoms with Crippen LogP contribution in [0, 0.1) is 16.7 Å². The Labute approximate surface area is 168 Å². The number of fused-ring (bicyclic) bond motifs is 4. The topological polar surface area (TPSA) is 108 Å². The Morgan fingerprint density at radius 3 is 2.66 bits per heavy atom. The third-order valence-corrected chi connectivity index (χ3v) is 6.59. The van der Waals surface area contributed by atoms with Crippen molar-refractivity contribution in [1.29, 1.82) is 5.26 Å². The molecule has 1 saturated heterocycles. The Morgan fingerprint density at radius 1 is 1.24 bits per heavy atom. The number of carbonyl (C=O) groups excluding carboxylic acids is 1. The van der Waals surface area contributed by atoms with Gasteiger partial charge >= 0.3 is 0 Å². The molecule has 5 rings (SSSR count). The third-order valence-electron chi connectivity index (χ3n) is 6.59. The van der Waals surface area contributed by atoms with E-state index in [1.54, 1.807) is 0 Å². The van der Waals surface area contributed by atoms with Crippen LogP contribution < -0.4 is 10.6 Å². The maximum atomic E-state index is 12.4. The SMILES string of the molecule is N#CC1(CO)CCN(c2c3c(c(C(N)=O)c4nc5ccccc5n24)CCC3)CC1. The van der Waals surface area contributed by atoms with Gasteiger partial charge < -0.3 is 15.7 Å². The fraction of sp³-hybridized carbons (Fsp3) is 0.409. The van der Waals surface area contributed by atoms with Crippen molar-refractivity contribution in [2.75, 3.05) is 24.6 Å². The number of amides is 1. The minimum absolute atomic E-state index is 0.112. The number of imidazole rings is 1. The van der Waals surface area contributed by atoms with Gasteiger partial charge in [-0.1, -0.05) is 12.1 Å². The molecule has 3 N–H and O–H groups in total. The Hall–Kier alpha value is -3.11. The molecule has 148 valence electrons. The van der Waals surface area contributed by atoms with Crippen molar-refractivity contribution < 1.29 is 9.90 Å². The van der Waals surface area contributed by atoms with Crippen LogP contribution in [0.2, 0.25) is 0 Å². The summed E-state index contributed by atoms with van der Waals surface area (Å²) in [5.41, 5.74) is 10.3. The van der Waals surface area contributed by atoms with E-state index in [0.29, 0.717) is 37.1 Å². The number of aromatic nitrogens is 2. The highest BCUT2D eigenvalue weighted by molar-refractivity contribution is 6.03. The van der Waals surface area contributed by atoms with E-state index in [9.17, 15) is 15.2 Å². The van der Waals surface area contributed by atoms with Gasteiger partial charge in [0.25, 0.3) is 5.91 Å². The van der Waals surface area contributed by atoms with Gasteiger partial charge in [0.2, 0.25) is 0 Å². The van der Waals surface area contributed by atoms with Gasteiger partial charge in [0.15, 0.2) is 5.65 Å². The van der Waals surface area contributed by atoms with E-state index in [0.717, 1.165) is 41.7 Å². The van der Waals surface area contributed by atoms with Crippen molar-refractivity contribution in [1.82, 2.24) is 9.38 Å². The van der Waals surface area contributed by atoms with Gasteiger partial charge in [0.05, 0.1) is 34.7 Å². The first kappa shape index (κ1) is 18.0. The zero-order chi connectivity index (χ0) is 20.2. The molecule has 1 aliphatic carbocycles. The number of aliphatic hydroxyl groups excluding tert-OH is 1. The Bertz CT molecular complexity index is 1180. The summed E-state index contributed by atoms with van der Waals surface area (Å²) in [6, 6.07) is 10.2. The van der Waals surface area contributed by atoms with Gasteiger partial charge in [0, 0.05) is 13.1 Å². The summed E-state index contributed by atoms with van der Waals surface area (Å²) in [5.74, 6) is 0.633. The summed E-state index contributed by atoms with van der Waals surface area (Å²) < 4.78 is 2.08. The largest absolute Gasteiger partial charge is 0.395 e. The second-order valence-corrected chi connectivity index (χ2v) is 8.17. The number of benzene rings is 1. The molecule has 0 spiro atoms. The third kappa shape index (κ3) is 2.52. The zero-order valence-corrected chi connectivity index (χ0v) is 16.2. The number of aliphatic hydroxyl groups is 1. The first-order valence-corrected chi connectivity index (χ1v) is 10.1. The maximum absolute atomic E-state index is 12.4. The Balaban J connectivity index is 1.77. The molecule has 2 aliphatic rings. The number of pyridine rings is 1. The lowest BCUT2D eigenvalue weighted by atomic mass is 9.80. The van der Waals surface area contributed by atoms with Crippen molar-refractivity contribution in [2.45, 2.75) is 32.1 Å². The molecule has 7 heteroatoms. The molecule has 3 heterocycles. The van der Waals surface area contributed by atoms with Crippen LogP contribution in [0.3, 0.4) is 0 Å². The van der Waals surface area contributed by atoms with Crippen molar-refractivity contribution in [3.8, 4) is 6.07 Å². The van der Waals surface area contributed by atoms with Gasteiger partial charge in [0.1, 0.15) is 5.82 Å². The predicted octanol–water partition coefficient (Wildman–Crippen LogP) is 2.18. The van der Waals surface area contributed by atoms with Crippen LogP contribution in [0.1, 0.15) is 40.7 Å². The second-order valence-electron chi connectivity index (χ2n) is 8.17. The van der Waals surface area contributed by atoms with Gasteiger partial charge in [-0.15, -0.1) is 0 Å². The van der Waals surface area contributed by atoms with Crippen molar-refractivity contribution in [2.24, 2.45) is 11.1 Å². The predicted molar refractivity (Wildman–Crippen MR) is 110 cm³/mol. The highest BCUT2D eigenvalue weighted by Gasteiger charge is 2.37. The minimum Gasteiger partial charge on any atom is -0.395 e.